The van der Waals surface area contributed by atoms with Crippen LogP contribution in [-0.2, 0) is 13.1 Å². The van der Waals surface area contributed by atoms with Crippen molar-refractivity contribution in [2.24, 2.45) is 9.98 Å². The van der Waals surface area contributed by atoms with Crippen molar-refractivity contribution in [3.63, 3.8) is 0 Å². The molecule has 7 rings (SSSR count). The summed E-state index contributed by atoms with van der Waals surface area (Å²) < 4.78 is 0. The van der Waals surface area contributed by atoms with Crippen molar-refractivity contribution in [1.29, 1.82) is 0 Å². The summed E-state index contributed by atoms with van der Waals surface area (Å²) in [6.45, 7) is 12.5. The number of guanidine groups is 1. The number of hydrogen-bond donors (Lipinski definition) is 1. The Morgan fingerprint density at radius 3 is 1.94 bits per heavy atom. The maximum Gasteiger partial charge on any atom is 0.265 e. The SMILES string of the molecule is Cc1ccc(NC(=O)c2ccc(CN3CCN(C)CC3)cc2)cc1N(C(=O)c1ccc(CN2CCN(C)CC2)cc1)C1=NCCC(c2cccnc2)=N1. The number of carbonyl (C=O) groups excluding carboxylic acids is 2. The highest BCUT2D eigenvalue weighted by Gasteiger charge is 2.28. The molecule has 4 aromatic rings. The van der Waals surface area contributed by atoms with Crippen LogP contribution in [0.3, 0.4) is 0 Å². The Morgan fingerprint density at radius 2 is 1.36 bits per heavy atom. The number of nitrogens with zero attached hydrogens (tertiary/aromatic N) is 8. The Balaban J connectivity index is 1.13. The largest absolute Gasteiger partial charge is 0.322 e. The number of aromatic nitrogens is 1. The molecule has 274 valence electrons. The number of aliphatic imine (C=N–C) groups is 2. The van der Waals surface area contributed by atoms with Gasteiger partial charge in [0.15, 0.2) is 0 Å². The topological polar surface area (TPSA) is 100.0 Å². The van der Waals surface area contributed by atoms with Gasteiger partial charge >= 0.3 is 0 Å². The zero-order chi connectivity index (χ0) is 36.7. The zero-order valence-electron chi connectivity index (χ0n) is 31.0. The Bertz CT molecular complexity index is 1950. The Labute approximate surface area is 312 Å². The van der Waals surface area contributed by atoms with E-state index in [0.29, 0.717) is 41.4 Å². The monoisotopic (exact) mass is 711 g/mol. The lowest BCUT2D eigenvalue weighted by Crippen LogP contribution is -2.43. The third-order valence-electron chi connectivity index (χ3n) is 10.4. The standard InChI is InChI=1S/C42H49N9O2/c1-31-6-15-37(45-40(52)34-11-7-32(8-12-34)29-49-23-19-47(2)20-24-49)27-39(31)51(42-44-18-16-38(46-42)36-5-4-17-43-28-36)41(53)35-13-9-33(10-14-35)30-50-25-21-48(3)22-26-50/h4-15,17,27-28H,16,18-26,29-30H2,1-3H3,(H,45,52). The first-order chi connectivity index (χ1) is 25.8. The van der Waals surface area contributed by atoms with Gasteiger partial charge in [-0.05, 0) is 80.2 Å². The van der Waals surface area contributed by atoms with E-state index in [4.69, 9.17) is 9.98 Å². The van der Waals surface area contributed by atoms with E-state index < -0.39 is 0 Å². The number of nitrogens with one attached hydrogen (secondary N) is 1. The number of anilines is 2. The fourth-order valence-corrected chi connectivity index (χ4v) is 6.95. The normalized spacial score (nSPS) is 17.6. The van der Waals surface area contributed by atoms with Crippen molar-refractivity contribution in [1.82, 2.24) is 24.6 Å². The van der Waals surface area contributed by atoms with Crippen LogP contribution in [0.25, 0.3) is 0 Å². The van der Waals surface area contributed by atoms with Crippen LogP contribution in [0.1, 0.15) is 49.4 Å². The van der Waals surface area contributed by atoms with E-state index in [-0.39, 0.29) is 11.8 Å². The van der Waals surface area contributed by atoms with Crippen LogP contribution in [0.4, 0.5) is 11.4 Å². The second kappa shape index (κ2) is 16.7. The lowest BCUT2D eigenvalue weighted by molar-refractivity contribution is 0.0999. The average Bonchev–Trinajstić information content (AvgIpc) is 3.19. The van der Waals surface area contributed by atoms with E-state index in [1.807, 2.05) is 85.8 Å². The molecule has 0 spiro atoms. The molecule has 3 aliphatic heterocycles. The van der Waals surface area contributed by atoms with Crippen LogP contribution < -0.4 is 10.2 Å². The van der Waals surface area contributed by atoms with Crippen LogP contribution in [0.15, 0.2) is 101 Å². The van der Waals surface area contributed by atoms with Gasteiger partial charge in [0.05, 0.1) is 11.4 Å². The molecule has 0 radical (unpaired) electrons. The number of amides is 2. The van der Waals surface area contributed by atoms with Gasteiger partial charge in [-0.25, -0.2) is 9.89 Å². The first-order valence-electron chi connectivity index (χ1n) is 18.6. The van der Waals surface area contributed by atoms with Crippen molar-refractivity contribution < 1.29 is 9.59 Å². The summed E-state index contributed by atoms with van der Waals surface area (Å²) in [7, 11) is 4.31. The molecule has 0 bridgehead atoms. The third-order valence-corrected chi connectivity index (χ3v) is 10.4. The first-order valence-corrected chi connectivity index (χ1v) is 18.6. The quantitative estimate of drug-likeness (QED) is 0.260. The molecule has 11 nitrogen and oxygen atoms in total. The van der Waals surface area contributed by atoms with Crippen LogP contribution in [0.2, 0.25) is 0 Å². The smallest absolute Gasteiger partial charge is 0.265 e. The highest BCUT2D eigenvalue weighted by atomic mass is 16.2. The molecule has 1 N–H and O–H groups in total. The Morgan fingerprint density at radius 1 is 0.755 bits per heavy atom. The summed E-state index contributed by atoms with van der Waals surface area (Å²) in [6, 6.07) is 25.2. The van der Waals surface area contributed by atoms with Crippen molar-refractivity contribution in [2.45, 2.75) is 26.4 Å². The summed E-state index contributed by atoms with van der Waals surface area (Å²) in [5, 5.41) is 3.07. The van der Waals surface area contributed by atoms with Crippen LogP contribution >= 0.6 is 0 Å². The maximum absolute atomic E-state index is 14.6. The molecule has 2 fully saturated rings. The predicted octanol–water partition coefficient (Wildman–Crippen LogP) is 5.03. The fourth-order valence-electron chi connectivity index (χ4n) is 6.95. The predicted molar refractivity (Wildman–Crippen MR) is 212 cm³/mol. The molecule has 3 aliphatic rings. The molecule has 0 atom stereocenters. The summed E-state index contributed by atoms with van der Waals surface area (Å²) >= 11 is 0. The molecule has 2 saturated heterocycles. The maximum atomic E-state index is 14.6. The molecule has 4 heterocycles. The minimum Gasteiger partial charge on any atom is -0.322 e. The second-order valence-electron chi connectivity index (χ2n) is 14.4. The molecule has 0 unspecified atom stereocenters. The Hall–Kier alpha value is -5.07. The summed E-state index contributed by atoms with van der Waals surface area (Å²) in [5.41, 5.74) is 7.20. The number of pyridine rings is 1. The second-order valence-corrected chi connectivity index (χ2v) is 14.4. The van der Waals surface area contributed by atoms with Crippen molar-refractivity contribution in [3.05, 3.63) is 125 Å². The van der Waals surface area contributed by atoms with E-state index >= 15 is 0 Å². The van der Waals surface area contributed by atoms with Crippen molar-refractivity contribution >= 4 is 34.9 Å². The van der Waals surface area contributed by atoms with Gasteiger partial charge in [-0.3, -0.25) is 29.4 Å². The zero-order valence-corrected chi connectivity index (χ0v) is 31.0. The number of carbonyl (C=O) groups is 2. The third kappa shape index (κ3) is 9.12. The van der Waals surface area contributed by atoms with E-state index in [1.54, 1.807) is 17.3 Å². The van der Waals surface area contributed by atoms with Gasteiger partial charge in [-0.2, -0.15) is 0 Å². The van der Waals surface area contributed by atoms with Gasteiger partial charge in [-0.1, -0.05) is 36.4 Å². The summed E-state index contributed by atoms with van der Waals surface area (Å²) in [6.07, 6.45) is 4.16. The molecule has 2 amide bonds. The van der Waals surface area contributed by atoms with Crippen LogP contribution in [0.5, 0.6) is 0 Å². The fraction of sp³-hybridized carbons (Fsp3) is 0.357. The number of likely N-dealkylation sites (N-methyl/N-ethyl adjacent to an activating group) is 2. The number of rotatable bonds is 9. The molecule has 0 saturated carbocycles. The minimum absolute atomic E-state index is 0.216. The molecule has 3 aromatic carbocycles. The molecule has 11 heteroatoms. The van der Waals surface area contributed by atoms with Gasteiger partial charge < -0.3 is 15.1 Å². The minimum atomic E-state index is -0.242. The number of aryl methyl sites for hydroxylation is 1. The van der Waals surface area contributed by atoms with Gasteiger partial charge in [0.25, 0.3) is 11.8 Å². The van der Waals surface area contributed by atoms with E-state index in [9.17, 15) is 9.59 Å². The van der Waals surface area contributed by atoms with E-state index in [1.165, 1.54) is 5.56 Å². The lowest BCUT2D eigenvalue weighted by Gasteiger charge is -2.32. The van der Waals surface area contributed by atoms with Gasteiger partial charge in [-0.15, -0.1) is 0 Å². The molecular weight excluding hydrogens is 663 g/mol. The van der Waals surface area contributed by atoms with Crippen molar-refractivity contribution in [2.75, 3.05) is 83.2 Å². The molecule has 1 aromatic heterocycles. The van der Waals surface area contributed by atoms with Crippen molar-refractivity contribution in [3.8, 4) is 0 Å². The van der Waals surface area contributed by atoms with Gasteiger partial charge in [0, 0.05) is 113 Å². The Kier molecular flexibility index (Phi) is 11.5. The highest BCUT2D eigenvalue weighted by molar-refractivity contribution is 6.26. The number of benzene rings is 3. The highest BCUT2D eigenvalue weighted by Crippen LogP contribution is 2.29. The van der Waals surface area contributed by atoms with Crippen LogP contribution in [0, 0.1) is 6.92 Å². The van der Waals surface area contributed by atoms with Gasteiger partial charge in [0.1, 0.15) is 0 Å². The number of hydrogen-bond acceptors (Lipinski definition) is 9. The molecule has 53 heavy (non-hydrogen) atoms. The molecular formula is C42H49N9O2. The molecule has 0 aliphatic carbocycles. The number of piperazine rings is 2. The first kappa shape index (κ1) is 36.3. The average molecular weight is 712 g/mol. The van der Waals surface area contributed by atoms with E-state index in [0.717, 1.165) is 87.8 Å². The van der Waals surface area contributed by atoms with Crippen LogP contribution in [-0.4, -0.2) is 121 Å². The summed E-state index contributed by atoms with van der Waals surface area (Å²) in [4.78, 5) is 53.2. The van der Waals surface area contributed by atoms with E-state index in [2.05, 4.69) is 44.0 Å². The van der Waals surface area contributed by atoms with Gasteiger partial charge in [0.2, 0.25) is 5.96 Å². The summed E-state index contributed by atoms with van der Waals surface area (Å²) in [5.74, 6) is -0.149. The lowest BCUT2D eigenvalue weighted by atomic mass is 10.1.